The van der Waals surface area contributed by atoms with Gasteiger partial charge < -0.3 is 5.11 Å². The molecule has 0 atom stereocenters. The van der Waals surface area contributed by atoms with E-state index in [0.29, 0.717) is 4.47 Å². The minimum absolute atomic E-state index is 0.371. The summed E-state index contributed by atoms with van der Waals surface area (Å²) in [5.74, 6) is -1.81. The van der Waals surface area contributed by atoms with E-state index in [2.05, 4.69) is 15.9 Å². The molecule has 1 rings (SSSR count). The molecule has 70 valence electrons. The lowest BCUT2D eigenvalue weighted by atomic mass is 10.1. The predicted octanol–water partition coefficient (Wildman–Crippen LogP) is 2.60. The lowest BCUT2D eigenvalue weighted by Crippen LogP contribution is -2.10. The van der Waals surface area contributed by atoms with Crippen LogP contribution in [0.25, 0.3) is 0 Å². The predicted molar refractivity (Wildman–Crippen MR) is 46.1 cm³/mol. The van der Waals surface area contributed by atoms with Gasteiger partial charge in [0.1, 0.15) is 5.75 Å². The molecule has 13 heavy (non-hydrogen) atoms. The number of carbonyl (C=O) groups is 1. The minimum Gasteiger partial charge on any atom is -0.507 e. The smallest absolute Gasteiger partial charge is 0.300 e. The third-order valence-electron chi connectivity index (χ3n) is 1.42. The molecule has 0 aromatic heterocycles. The van der Waals surface area contributed by atoms with Crippen LogP contribution in [0.15, 0.2) is 22.7 Å². The molecule has 0 aliphatic carbocycles. The summed E-state index contributed by atoms with van der Waals surface area (Å²) in [6, 6.07) is 3.79. The van der Waals surface area contributed by atoms with Gasteiger partial charge in [-0.2, -0.15) is 0 Å². The van der Waals surface area contributed by atoms with E-state index >= 15 is 0 Å². The van der Waals surface area contributed by atoms with Crippen molar-refractivity contribution in [3.63, 3.8) is 0 Å². The maximum atomic E-state index is 11.9. The van der Waals surface area contributed by atoms with Gasteiger partial charge in [0, 0.05) is 4.47 Å². The molecule has 0 amide bonds. The summed E-state index contributed by atoms with van der Waals surface area (Å²) in [4.78, 5) is 10.8. The summed E-state index contributed by atoms with van der Waals surface area (Å²) in [5, 5.41) is 9.08. The van der Waals surface area contributed by atoms with E-state index in [1.165, 1.54) is 12.1 Å². The van der Waals surface area contributed by atoms with E-state index in [-0.39, 0.29) is 5.56 Å². The monoisotopic (exact) mass is 250 g/mol. The van der Waals surface area contributed by atoms with Gasteiger partial charge in [0.15, 0.2) is 0 Å². The lowest BCUT2D eigenvalue weighted by Gasteiger charge is -2.02. The van der Waals surface area contributed by atoms with Crippen molar-refractivity contribution in [2.45, 2.75) is 6.43 Å². The molecule has 0 spiro atoms. The molecule has 1 N–H and O–H groups in total. The molecule has 1 aromatic rings. The highest BCUT2D eigenvalue weighted by molar-refractivity contribution is 9.10. The molecule has 5 heteroatoms. The first-order chi connectivity index (χ1) is 6.02. The van der Waals surface area contributed by atoms with E-state index in [1.54, 1.807) is 0 Å². The van der Waals surface area contributed by atoms with Crippen molar-refractivity contribution in [3.8, 4) is 5.75 Å². The van der Waals surface area contributed by atoms with Crippen LogP contribution in [-0.2, 0) is 0 Å². The Morgan fingerprint density at radius 1 is 1.46 bits per heavy atom. The van der Waals surface area contributed by atoms with Gasteiger partial charge in [-0.15, -0.1) is 0 Å². The molecular formula is C8H5BrF2O2. The second kappa shape index (κ2) is 3.83. The molecule has 0 aliphatic heterocycles. The molecule has 0 bridgehead atoms. The number of benzene rings is 1. The van der Waals surface area contributed by atoms with Crippen LogP contribution in [0.4, 0.5) is 8.78 Å². The maximum Gasteiger partial charge on any atom is 0.300 e. The van der Waals surface area contributed by atoms with Crippen molar-refractivity contribution in [1.82, 2.24) is 0 Å². The van der Waals surface area contributed by atoms with Crippen molar-refractivity contribution in [1.29, 1.82) is 0 Å². The molecule has 0 radical (unpaired) electrons. The van der Waals surface area contributed by atoms with Crippen LogP contribution >= 0.6 is 15.9 Å². The molecule has 2 nitrogen and oxygen atoms in total. The van der Waals surface area contributed by atoms with Gasteiger partial charge in [0.05, 0.1) is 5.56 Å². The molecule has 1 aromatic carbocycles. The van der Waals surface area contributed by atoms with Gasteiger partial charge in [0.25, 0.3) is 0 Å². The highest BCUT2D eigenvalue weighted by Crippen LogP contribution is 2.23. The second-order valence-corrected chi connectivity index (χ2v) is 3.24. The number of alkyl halides is 2. The first-order valence-electron chi connectivity index (χ1n) is 3.33. The van der Waals surface area contributed by atoms with Crippen LogP contribution in [-0.4, -0.2) is 17.3 Å². The van der Waals surface area contributed by atoms with Crippen molar-refractivity contribution >= 4 is 21.7 Å². The molecule has 0 heterocycles. The number of ketones is 1. The molecule has 0 saturated carbocycles. The Bertz CT molecular complexity index is 339. The summed E-state index contributed by atoms with van der Waals surface area (Å²) in [6.45, 7) is 0. The van der Waals surface area contributed by atoms with Crippen LogP contribution in [0.2, 0.25) is 0 Å². The number of phenolic OH excluding ortho intramolecular Hbond substituents is 1. The van der Waals surface area contributed by atoms with Gasteiger partial charge in [0.2, 0.25) is 5.78 Å². The van der Waals surface area contributed by atoms with Crippen molar-refractivity contribution in [2.75, 3.05) is 0 Å². The van der Waals surface area contributed by atoms with Gasteiger partial charge in [-0.25, -0.2) is 8.78 Å². The topological polar surface area (TPSA) is 37.3 Å². The van der Waals surface area contributed by atoms with Crippen molar-refractivity contribution < 1.29 is 18.7 Å². The third kappa shape index (κ3) is 2.24. The number of aromatic hydroxyl groups is 1. The molecule has 0 saturated heterocycles. The van der Waals surface area contributed by atoms with Gasteiger partial charge in [-0.05, 0) is 18.2 Å². The fraction of sp³-hybridized carbons (Fsp3) is 0.125. The second-order valence-electron chi connectivity index (χ2n) is 2.33. The Balaban J connectivity index is 3.13. The Hall–Kier alpha value is -0.970. The number of halogens is 3. The van der Waals surface area contributed by atoms with Gasteiger partial charge >= 0.3 is 6.43 Å². The molecule has 0 fully saturated rings. The van der Waals surface area contributed by atoms with E-state index < -0.39 is 18.0 Å². The Morgan fingerprint density at radius 2 is 2.08 bits per heavy atom. The average molecular weight is 251 g/mol. The van der Waals surface area contributed by atoms with E-state index in [4.69, 9.17) is 5.11 Å². The van der Waals surface area contributed by atoms with Crippen LogP contribution in [0.5, 0.6) is 5.75 Å². The number of carbonyl (C=O) groups excluding carboxylic acids is 1. The van der Waals surface area contributed by atoms with Gasteiger partial charge in [-0.3, -0.25) is 4.79 Å². The van der Waals surface area contributed by atoms with Crippen LogP contribution in [0, 0.1) is 0 Å². The molecule has 0 aliphatic rings. The van der Waals surface area contributed by atoms with Crippen molar-refractivity contribution in [3.05, 3.63) is 28.2 Å². The fourth-order valence-corrected chi connectivity index (χ4v) is 1.18. The minimum atomic E-state index is -3.10. The van der Waals surface area contributed by atoms with Crippen molar-refractivity contribution in [2.24, 2.45) is 0 Å². The SMILES string of the molecule is O=C(c1cc(Br)ccc1O)C(F)F. The van der Waals surface area contributed by atoms with Crippen LogP contribution in [0.3, 0.4) is 0 Å². The number of phenols is 1. The standard InChI is InChI=1S/C8H5BrF2O2/c9-4-1-2-6(12)5(3-4)7(13)8(10)11/h1-3,8,12H. The molecule has 0 unspecified atom stereocenters. The number of hydrogen-bond donors (Lipinski definition) is 1. The number of hydrogen-bond acceptors (Lipinski definition) is 2. The van der Waals surface area contributed by atoms with Gasteiger partial charge in [-0.1, -0.05) is 15.9 Å². The first kappa shape index (κ1) is 10.1. The number of rotatable bonds is 2. The molecular weight excluding hydrogens is 246 g/mol. The Morgan fingerprint density at radius 3 is 2.62 bits per heavy atom. The maximum absolute atomic E-state index is 11.9. The Labute approximate surface area is 81.3 Å². The highest BCUT2D eigenvalue weighted by Gasteiger charge is 2.20. The largest absolute Gasteiger partial charge is 0.507 e. The summed E-state index contributed by atoms with van der Waals surface area (Å²) in [7, 11) is 0. The zero-order valence-electron chi connectivity index (χ0n) is 6.30. The summed E-state index contributed by atoms with van der Waals surface area (Å²) >= 11 is 3.01. The normalized spacial score (nSPS) is 10.5. The summed E-state index contributed by atoms with van der Waals surface area (Å²) in [6.07, 6.45) is -3.10. The first-order valence-corrected chi connectivity index (χ1v) is 4.12. The van der Waals surface area contributed by atoms with E-state index in [1.807, 2.05) is 0 Å². The zero-order chi connectivity index (χ0) is 10.0. The third-order valence-corrected chi connectivity index (χ3v) is 1.92. The quantitative estimate of drug-likeness (QED) is 0.820. The highest BCUT2D eigenvalue weighted by atomic mass is 79.9. The zero-order valence-corrected chi connectivity index (χ0v) is 7.88. The lowest BCUT2D eigenvalue weighted by molar-refractivity contribution is 0.0675. The van der Waals surface area contributed by atoms with Crippen LogP contribution in [0.1, 0.15) is 10.4 Å². The fourth-order valence-electron chi connectivity index (χ4n) is 0.823. The van der Waals surface area contributed by atoms with Crippen LogP contribution < -0.4 is 0 Å². The van der Waals surface area contributed by atoms with E-state index in [9.17, 15) is 13.6 Å². The average Bonchev–Trinajstić information content (AvgIpc) is 2.08. The Kier molecular flexibility index (Phi) is 2.98. The number of Topliss-reactive ketones (excluding diaryl/α,β-unsaturated/α-hetero) is 1. The summed E-state index contributed by atoms with van der Waals surface area (Å²) < 4.78 is 24.4. The van der Waals surface area contributed by atoms with E-state index in [0.717, 1.165) is 6.07 Å². The summed E-state index contributed by atoms with van der Waals surface area (Å²) in [5.41, 5.74) is -0.371.